The van der Waals surface area contributed by atoms with E-state index < -0.39 is 6.04 Å². The quantitative estimate of drug-likeness (QED) is 0.675. The molecule has 2 atom stereocenters. The average molecular weight is 411 g/mol. The van der Waals surface area contributed by atoms with Crippen molar-refractivity contribution in [1.82, 2.24) is 10.6 Å². The topological polar surface area (TPSA) is 67.4 Å². The Morgan fingerprint density at radius 1 is 1.00 bits per heavy atom. The number of methoxy groups -OCH3 is 1. The molecule has 0 saturated heterocycles. The molecule has 162 valence electrons. The van der Waals surface area contributed by atoms with Crippen LogP contribution in [0.5, 0.6) is 5.75 Å². The second kappa shape index (κ2) is 10.3. The first kappa shape index (κ1) is 23.5. The maximum absolute atomic E-state index is 12.8. The summed E-state index contributed by atoms with van der Waals surface area (Å²) in [4.78, 5) is 25.6. The Morgan fingerprint density at radius 2 is 1.60 bits per heavy atom. The van der Waals surface area contributed by atoms with Gasteiger partial charge in [-0.1, -0.05) is 65.3 Å². The number of hydrogen-bond donors (Lipinski definition) is 2. The van der Waals surface area contributed by atoms with Crippen molar-refractivity contribution in [3.63, 3.8) is 0 Å². The lowest BCUT2D eigenvalue weighted by Crippen LogP contribution is -2.50. The lowest BCUT2D eigenvalue weighted by atomic mass is 9.86. The third-order valence-corrected chi connectivity index (χ3v) is 5.42. The largest absolute Gasteiger partial charge is 0.497 e. The molecule has 0 unspecified atom stereocenters. The summed E-state index contributed by atoms with van der Waals surface area (Å²) >= 11 is 0. The minimum Gasteiger partial charge on any atom is -0.497 e. The fourth-order valence-electron chi connectivity index (χ4n) is 3.09. The van der Waals surface area contributed by atoms with Crippen LogP contribution in [0, 0.1) is 5.92 Å². The van der Waals surface area contributed by atoms with E-state index in [0.29, 0.717) is 12.1 Å². The van der Waals surface area contributed by atoms with Crippen molar-refractivity contribution in [3.8, 4) is 5.75 Å². The van der Waals surface area contributed by atoms with Gasteiger partial charge in [-0.3, -0.25) is 9.59 Å². The monoisotopic (exact) mass is 410 g/mol. The Hall–Kier alpha value is -2.82. The van der Waals surface area contributed by atoms with Gasteiger partial charge in [-0.15, -0.1) is 0 Å². The number of hydrogen-bond acceptors (Lipinski definition) is 3. The van der Waals surface area contributed by atoms with Crippen molar-refractivity contribution < 1.29 is 14.3 Å². The third-order valence-electron chi connectivity index (χ3n) is 5.42. The van der Waals surface area contributed by atoms with Gasteiger partial charge in [0.15, 0.2) is 0 Å². The maximum atomic E-state index is 12.8. The van der Waals surface area contributed by atoms with Gasteiger partial charge in [-0.05, 0) is 46.7 Å². The highest BCUT2D eigenvalue weighted by Gasteiger charge is 2.26. The summed E-state index contributed by atoms with van der Waals surface area (Å²) in [6.07, 6.45) is 0.782. The molecule has 0 aromatic heterocycles. The first-order valence-corrected chi connectivity index (χ1v) is 10.5. The molecule has 0 saturated carbocycles. The molecular formula is C25H34N2O3. The molecular weight excluding hydrogens is 376 g/mol. The van der Waals surface area contributed by atoms with Gasteiger partial charge < -0.3 is 15.4 Å². The Morgan fingerprint density at radius 3 is 2.10 bits per heavy atom. The number of rotatable bonds is 8. The van der Waals surface area contributed by atoms with Crippen molar-refractivity contribution >= 4 is 11.8 Å². The van der Waals surface area contributed by atoms with Gasteiger partial charge in [0.2, 0.25) is 5.91 Å². The summed E-state index contributed by atoms with van der Waals surface area (Å²) < 4.78 is 5.16. The molecule has 30 heavy (non-hydrogen) atoms. The van der Waals surface area contributed by atoms with Crippen molar-refractivity contribution in [1.29, 1.82) is 0 Å². The summed E-state index contributed by atoms with van der Waals surface area (Å²) in [6, 6.07) is 14.5. The van der Waals surface area contributed by atoms with Crippen molar-refractivity contribution in [2.24, 2.45) is 5.92 Å². The normalized spacial score (nSPS) is 13.3. The van der Waals surface area contributed by atoms with Gasteiger partial charge in [0.05, 0.1) is 7.11 Å². The number of carbonyl (C=O) groups is 2. The zero-order valence-electron chi connectivity index (χ0n) is 18.9. The number of nitrogens with one attached hydrogen (secondary N) is 2. The highest BCUT2D eigenvalue weighted by Crippen LogP contribution is 2.22. The van der Waals surface area contributed by atoms with Crippen LogP contribution in [0.4, 0.5) is 0 Å². The lowest BCUT2D eigenvalue weighted by Gasteiger charge is -2.24. The van der Waals surface area contributed by atoms with E-state index in [9.17, 15) is 9.59 Å². The number of amides is 2. The smallest absolute Gasteiger partial charge is 0.251 e. The molecule has 0 aliphatic carbocycles. The predicted octanol–water partition coefficient (Wildman–Crippen LogP) is 4.45. The summed E-state index contributed by atoms with van der Waals surface area (Å²) in [7, 11) is 1.62. The third kappa shape index (κ3) is 6.34. The van der Waals surface area contributed by atoms with Crippen molar-refractivity contribution in [2.45, 2.75) is 59.0 Å². The summed E-state index contributed by atoms with van der Waals surface area (Å²) in [5.41, 5.74) is 2.71. The highest BCUT2D eigenvalue weighted by atomic mass is 16.5. The Balaban J connectivity index is 2.05. The van der Waals surface area contributed by atoms with Crippen molar-refractivity contribution in [2.75, 3.05) is 7.11 Å². The Bertz CT molecular complexity index is 836. The van der Waals surface area contributed by atoms with Gasteiger partial charge in [0.1, 0.15) is 11.8 Å². The van der Waals surface area contributed by atoms with Crippen LogP contribution in [0.15, 0.2) is 48.5 Å². The van der Waals surface area contributed by atoms with Crippen LogP contribution in [0.25, 0.3) is 0 Å². The summed E-state index contributed by atoms with van der Waals surface area (Å²) in [6.45, 7) is 10.8. The first-order valence-electron chi connectivity index (χ1n) is 10.5. The van der Waals surface area contributed by atoms with E-state index in [2.05, 4.69) is 31.4 Å². The van der Waals surface area contributed by atoms with Crippen LogP contribution in [0.3, 0.4) is 0 Å². The van der Waals surface area contributed by atoms with Crippen LogP contribution < -0.4 is 15.4 Å². The zero-order valence-corrected chi connectivity index (χ0v) is 18.9. The highest BCUT2D eigenvalue weighted by molar-refractivity contribution is 5.97. The zero-order chi connectivity index (χ0) is 22.3. The van der Waals surface area contributed by atoms with E-state index in [1.54, 1.807) is 7.11 Å². The van der Waals surface area contributed by atoms with Crippen molar-refractivity contribution in [3.05, 3.63) is 65.2 Å². The van der Waals surface area contributed by atoms with Crippen LogP contribution in [-0.2, 0) is 16.8 Å². The maximum Gasteiger partial charge on any atom is 0.251 e. The summed E-state index contributed by atoms with van der Waals surface area (Å²) in [5, 5.41) is 5.87. The van der Waals surface area contributed by atoms with Crippen LogP contribution >= 0.6 is 0 Å². The van der Waals surface area contributed by atoms with Crippen LogP contribution in [0.1, 0.15) is 62.5 Å². The SMILES string of the molecule is CC[C@H](C)[C@H](NC(=O)c1ccc(C(C)(C)C)cc1)C(=O)NCc1ccc(OC)cc1. The average Bonchev–Trinajstić information content (AvgIpc) is 2.74. The molecule has 5 nitrogen and oxygen atoms in total. The van der Waals surface area contributed by atoms with Gasteiger partial charge in [-0.25, -0.2) is 0 Å². The van der Waals surface area contributed by atoms with E-state index in [4.69, 9.17) is 4.74 Å². The first-order chi connectivity index (χ1) is 14.2. The molecule has 0 bridgehead atoms. The van der Waals surface area contributed by atoms with E-state index in [-0.39, 0.29) is 23.1 Å². The second-order valence-corrected chi connectivity index (χ2v) is 8.73. The summed E-state index contributed by atoms with van der Waals surface area (Å²) in [5.74, 6) is 0.367. The molecule has 0 spiro atoms. The number of carbonyl (C=O) groups excluding carboxylic acids is 2. The van der Waals surface area contributed by atoms with Gasteiger partial charge in [-0.2, -0.15) is 0 Å². The number of ether oxygens (including phenoxy) is 1. The molecule has 0 heterocycles. The molecule has 2 aromatic rings. The number of benzene rings is 2. The molecule has 0 aliphatic heterocycles. The minimum absolute atomic E-state index is 0.0127. The lowest BCUT2D eigenvalue weighted by molar-refractivity contribution is -0.124. The molecule has 2 aromatic carbocycles. The fraction of sp³-hybridized carbons (Fsp3) is 0.440. The van der Waals surface area contributed by atoms with E-state index in [1.165, 1.54) is 0 Å². The van der Waals surface area contributed by atoms with Crippen LogP contribution in [0.2, 0.25) is 0 Å². The van der Waals surface area contributed by atoms with Gasteiger partial charge in [0, 0.05) is 12.1 Å². The molecule has 2 amide bonds. The minimum atomic E-state index is -0.594. The van der Waals surface area contributed by atoms with Crippen LogP contribution in [-0.4, -0.2) is 25.0 Å². The second-order valence-electron chi connectivity index (χ2n) is 8.73. The molecule has 0 fully saturated rings. The Labute approximate surface area is 180 Å². The predicted molar refractivity (Wildman–Crippen MR) is 121 cm³/mol. The molecule has 2 N–H and O–H groups in total. The standard InChI is InChI=1S/C25H34N2O3/c1-7-17(2)22(24(29)26-16-18-8-14-21(30-6)15-9-18)27-23(28)19-10-12-20(13-11-19)25(3,4)5/h8-15,17,22H,7,16H2,1-6H3,(H,26,29)(H,27,28)/t17-,22-/m0/s1. The molecule has 0 aliphatic rings. The fourth-order valence-corrected chi connectivity index (χ4v) is 3.09. The van der Waals surface area contributed by atoms with E-state index in [1.807, 2.05) is 62.4 Å². The molecule has 5 heteroatoms. The molecule has 2 rings (SSSR count). The van der Waals surface area contributed by atoms with Gasteiger partial charge >= 0.3 is 0 Å². The molecule has 0 radical (unpaired) electrons. The van der Waals surface area contributed by atoms with E-state index >= 15 is 0 Å². The van der Waals surface area contributed by atoms with Gasteiger partial charge in [0.25, 0.3) is 5.91 Å². The Kier molecular flexibility index (Phi) is 8.04. The van der Waals surface area contributed by atoms with E-state index in [0.717, 1.165) is 23.3 Å².